The third-order valence-corrected chi connectivity index (χ3v) is 7.41. The van der Waals surface area contributed by atoms with Crippen molar-refractivity contribution in [2.75, 3.05) is 26.1 Å². The van der Waals surface area contributed by atoms with Crippen molar-refractivity contribution in [3.05, 3.63) is 71.4 Å². The normalized spacial score (nSPS) is 20.4. The van der Waals surface area contributed by atoms with Crippen molar-refractivity contribution in [3.63, 3.8) is 0 Å². The number of hydrogen-bond acceptors (Lipinski definition) is 8. The van der Waals surface area contributed by atoms with Crippen LogP contribution in [0.4, 0.5) is 0 Å². The summed E-state index contributed by atoms with van der Waals surface area (Å²) in [6, 6.07) is 14.3. The van der Waals surface area contributed by atoms with E-state index < -0.39 is 64.9 Å². The molecular formula is C25H24N2O9S. The number of nitrogens with zero attached hydrogens (tertiary/aromatic N) is 1. The van der Waals surface area contributed by atoms with E-state index in [4.69, 9.17) is 14.2 Å². The van der Waals surface area contributed by atoms with Gasteiger partial charge in [-0.05, 0) is 29.8 Å². The van der Waals surface area contributed by atoms with Gasteiger partial charge in [-0.2, -0.15) is 0 Å². The van der Waals surface area contributed by atoms with Crippen LogP contribution in [0.2, 0.25) is 0 Å². The zero-order chi connectivity index (χ0) is 26.5. The third-order valence-electron chi connectivity index (χ3n) is 5.75. The largest absolute Gasteiger partial charge is 0.497 e. The minimum Gasteiger partial charge on any atom is -0.497 e. The van der Waals surface area contributed by atoms with Crippen LogP contribution in [0, 0.1) is 0 Å². The molecule has 12 heteroatoms. The molecule has 37 heavy (non-hydrogen) atoms. The predicted molar refractivity (Wildman–Crippen MR) is 130 cm³/mol. The fraction of sp³-hybridized carbons (Fsp3) is 0.280. The van der Waals surface area contributed by atoms with Crippen molar-refractivity contribution >= 4 is 34.6 Å². The van der Waals surface area contributed by atoms with Crippen molar-refractivity contribution in [3.8, 4) is 11.5 Å². The highest BCUT2D eigenvalue weighted by molar-refractivity contribution is 7.86. The van der Waals surface area contributed by atoms with E-state index in [0.29, 0.717) is 11.5 Å². The van der Waals surface area contributed by atoms with Crippen LogP contribution in [0.15, 0.2) is 65.9 Å². The van der Waals surface area contributed by atoms with Crippen LogP contribution in [0.25, 0.3) is 0 Å². The third kappa shape index (κ3) is 5.80. The quantitative estimate of drug-likeness (QED) is 0.334. The van der Waals surface area contributed by atoms with Crippen molar-refractivity contribution < 1.29 is 42.7 Å². The van der Waals surface area contributed by atoms with Gasteiger partial charge < -0.3 is 24.6 Å². The van der Waals surface area contributed by atoms with E-state index in [1.165, 1.54) is 7.11 Å². The molecule has 4 rings (SSSR count). The van der Waals surface area contributed by atoms with E-state index in [2.05, 4.69) is 5.32 Å². The van der Waals surface area contributed by atoms with Crippen molar-refractivity contribution in [1.29, 1.82) is 0 Å². The Kier molecular flexibility index (Phi) is 7.87. The molecule has 0 aromatic heterocycles. The van der Waals surface area contributed by atoms with Gasteiger partial charge in [-0.3, -0.25) is 18.7 Å². The average Bonchev–Trinajstić information content (AvgIpc) is 2.89. The molecule has 2 amide bonds. The summed E-state index contributed by atoms with van der Waals surface area (Å²) >= 11 is 0. The Balaban J connectivity index is 1.37. The Morgan fingerprint density at radius 3 is 2.41 bits per heavy atom. The number of carboxylic acid groups (broad SMARTS) is 1. The van der Waals surface area contributed by atoms with Crippen LogP contribution in [0.5, 0.6) is 11.5 Å². The van der Waals surface area contributed by atoms with E-state index >= 15 is 0 Å². The minimum absolute atomic E-state index is 0.0192. The van der Waals surface area contributed by atoms with Crippen molar-refractivity contribution in [2.45, 2.75) is 17.8 Å². The number of carbonyl (C=O) groups excluding carboxylic acids is 3. The van der Waals surface area contributed by atoms with Gasteiger partial charge in [0.25, 0.3) is 5.91 Å². The fourth-order valence-corrected chi connectivity index (χ4v) is 5.66. The monoisotopic (exact) mass is 528 g/mol. The molecule has 1 fully saturated rings. The molecule has 11 nitrogen and oxygen atoms in total. The maximum Gasteiger partial charge on any atom is 0.352 e. The van der Waals surface area contributed by atoms with Gasteiger partial charge in [-0.15, -0.1) is 0 Å². The summed E-state index contributed by atoms with van der Waals surface area (Å²) in [4.78, 5) is 50.2. The molecule has 2 aliphatic heterocycles. The molecule has 1 saturated heterocycles. The molecule has 2 aliphatic rings. The second-order valence-electron chi connectivity index (χ2n) is 8.21. The molecule has 2 N–H and O–H groups in total. The van der Waals surface area contributed by atoms with Gasteiger partial charge in [-0.1, -0.05) is 30.3 Å². The molecular weight excluding hydrogens is 504 g/mol. The van der Waals surface area contributed by atoms with Gasteiger partial charge in [-0.25, -0.2) is 9.59 Å². The summed E-state index contributed by atoms with van der Waals surface area (Å²) in [7, 11) is -0.208. The Hall–Kier alpha value is -4.19. The minimum atomic E-state index is -1.73. The van der Waals surface area contributed by atoms with Gasteiger partial charge in [0, 0.05) is 5.57 Å². The van der Waals surface area contributed by atoms with E-state index in [0.717, 1.165) is 10.5 Å². The number of β-lactam (4-membered cyclic amide) rings is 1. The van der Waals surface area contributed by atoms with Crippen LogP contribution in [0.1, 0.15) is 5.56 Å². The first-order valence-electron chi connectivity index (χ1n) is 11.2. The molecule has 3 atom stereocenters. The Morgan fingerprint density at radius 1 is 1.08 bits per heavy atom. The van der Waals surface area contributed by atoms with E-state index in [1.807, 2.05) is 6.07 Å². The van der Waals surface area contributed by atoms with Gasteiger partial charge in [0.2, 0.25) is 5.91 Å². The first-order valence-corrected chi connectivity index (χ1v) is 12.6. The lowest BCUT2D eigenvalue weighted by molar-refractivity contribution is -0.151. The number of esters is 1. The summed E-state index contributed by atoms with van der Waals surface area (Å²) in [6.07, 6.45) is 0.0192. The number of amides is 2. The average molecular weight is 529 g/mol. The highest BCUT2D eigenvalue weighted by Gasteiger charge is 2.57. The second kappa shape index (κ2) is 11.2. The number of fused-ring (bicyclic) bond motifs is 1. The molecule has 0 spiro atoms. The number of carboxylic acids is 1. The van der Waals surface area contributed by atoms with Crippen molar-refractivity contribution in [2.24, 2.45) is 0 Å². The lowest BCUT2D eigenvalue weighted by atomic mass is 10.0. The Morgan fingerprint density at radius 2 is 1.76 bits per heavy atom. The molecule has 0 saturated carbocycles. The molecule has 0 bridgehead atoms. The maximum absolute atomic E-state index is 12.9. The highest BCUT2D eigenvalue weighted by atomic mass is 32.2. The smallest absolute Gasteiger partial charge is 0.352 e. The Labute approximate surface area is 214 Å². The van der Waals surface area contributed by atoms with Gasteiger partial charge in [0.1, 0.15) is 35.2 Å². The van der Waals surface area contributed by atoms with E-state index in [9.17, 15) is 28.5 Å². The standard InChI is InChI=1S/C25H24N2O9S/c1-34-17-7-9-18(10-8-17)35-13-20(29)36-12-16-14-37(33)24-21(23(30)27(24)22(16)25(31)32)26-19(28)11-15-5-3-2-4-6-15/h2-10,21,24H,11-14H2,1H3,(H,26,28)(H,31,32)/t21?,24-,37?/m1/s1. The SMILES string of the molecule is COc1ccc(OCC(=O)OCC2=C(C(=O)O)N3C(=O)C(NC(=O)Cc4ccccc4)[C@H]3S(=O)C2)cc1. The molecule has 2 heterocycles. The van der Waals surface area contributed by atoms with Gasteiger partial charge in [0.15, 0.2) is 6.61 Å². The summed E-state index contributed by atoms with van der Waals surface area (Å²) < 4.78 is 28.4. The molecule has 0 aliphatic carbocycles. The van der Waals surface area contributed by atoms with Crippen LogP contribution in [-0.4, -0.2) is 75.5 Å². The Bertz CT molecular complexity index is 1260. The second-order valence-corrected chi connectivity index (χ2v) is 9.75. The van der Waals surface area contributed by atoms with Crippen LogP contribution < -0.4 is 14.8 Å². The molecule has 2 aromatic carbocycles. The van der Waals surface area contributed by atoms with Crippen LogP contribution in [0.3, 0.4) is 0 Å². The number of rotatable bonds is 10. The number of benzene rings is 2. The zero-order valence-electron chi connectivity index (χ0n) is 19.7. The predicted octanol–water partition coefficient (Wildman–Crippen LogP) is 0.614. The van der Waals surface area contributed by atoms with E-state index in [-0.39, 0.29) is 17.7 Å². The van der Waals surface area contributed by atoms with Gasteiger partial charge in [0.05, 0.1) is 30.1 Å². The van der Waals surface area contributed by atoms with Crippen LogP contribution >= 0.6 is 0 Å². The van der Waals surface area contributed by atoms with Crippen LogP contribution in [-0.2, 0) is 41.1 Å². The number of nitrogens with one attached hydrogen (secondary N) is 1. The molecule has 2 aromatic rings. The molecule has 2 unspecified atom stereocenters. The molecule has 0 radical (unpaired) electrons. The molecule has 194 valence electrons. The first-order chi connectivity index (χ1) is 17.8. The number of ether oxygens (including phenoxy) is 3. The first kappa shape index (κ1) is 25.9. The number of hydrogen-bond donors (Lipinski definition) is 2. The highest BCUT2D eigenvalue weighted by Crippen LogP contribution is 2.35. The zero-order valence-corrected chi connectivity index (χ0v) is 20.6. The number of aliphatic carboxylic acids is 1. The summed E-state index contributed by atoms with van der Waals surface area (Å²) in [5, 5.41) is 11.3. The lowest BCUT2D eigenvalue weighted by Gasteiger charge is -2.49. The number of carbonyl (C=O) groups is 4. The summed E-state index contributed by atoms with van der Waals surface area (Å²) in [5.74, 6) is -2.55. The number of methoxy groups -OCH3 is 1. The fourth-order valence-electron chi connectivity index (χ4n) is 3.99. The maximum atomic E-state index is 12.9. The van der Waals surface area contributed by atoms with Gasteiger partial charge >= 0.3 is 11.9 Å². The topological polar surface area (TPSA) is 149 Å². The van der Waals surface area contributed by atoms with Crippen molar-refractivity contribution in [1.82, 2.24) is 10.2 Å². The lowest BCUT2D eigenvalue weighted by Crippen LogP contribution is -2.73. The summed E-state index contributed by atoms with van der Waals surface area (Å²) in [6.45, 7) is -0.911. The van der Waals surface area contributed by atoms with E-state index in [1.54, 1.807) is 48.5 Å². The summed E-state index contributed by atoms with van der Waals surface area (Å²) in [5.41, 5.74) is 0.369.